The first-order chi connectivity index (χ1) is 7.84. The Morgan fingerprint density at radius 1 is 1.19 bits per heavy atom. The Bertz CT molecular complexity index is 309. The molecule has 1 aromatic carbocycles. The van der Waals surface area contributed by atoms with Crippen molar-refractivity contribution < 1.29 is 4.39 Å². The highest BCUT2D eigenvalue weighted by Crippen LogP contribution is 2.05. The van der Waals surface area contributed by atoms with Crippen LogP contribution < -0.4 is 5.32 Å². The van der Waals surface area contributed by atoms with Crippen molar-refractivity contribution in [2.24, 2.45) is 0 Å². The van der Waals surface area contributed by atoms with Crippen LogP contribution in [0.5, 0.6) is 0 Å². The van der Waals surface area contributed by atoms with Crippen molar-refractivity contribution in [1.29, 1.82) is 0 Å². The van der Waals surface area contributed by atoms with E-state index < -0.39 is 0 Å². The zero-order valence-corrected chi connectivity index (χ0v) is 9.71. The summed E-state index contributed by atoms with van der Waals surface area (Å²) in [5.41, 5.74) is 0.744. The van der Waals surface area contributed by atoms with Gasteiger partial charge in [-0.3, -0.25) is 0 Å². The molecule has 2 heteroatoms. The second-order valence-electron chi connectivity index (χ2n) is 3.91. The van der Waals surface area contributed by atoms with E-state index in [-0.39, 0.29) is 5.82 Å². The van der Waals surface area contributed by atoms with Gasteiger partial charge < -0.3 is 5.32 Å². The highest BCUT2D eigenvalue weighted by Gasteiger charge is 1.98. The smallest absolute Gasteiger partial charge is 0.127 e. The van der Waals surface area contributed by atoms with Crippen LogP contribution in [-0.2, 0) is 6.54 Å². The second-order valence-corrected chi connectivity index (χ2v) is 3.91. The lowest BCUT2D eigenvalue weighted by molar-refractivity contribution is 0.570. The molecule has 88 valence electrons. The van der Waals surface area contributed by atoms with Gasteiger partial charge in [0.05, 0.1) is 0 Å². The van der Waals surface area contributed by atoms with E-state index in [1.165, 1.54) is 18.9 Å². The van der Waals surface area contributed by atoms with Crippen molar-refractivity contribution in [2.75, 3.05) is 6.54 Å². The van der Waals surface area contributed by atoms with Crippen LogP contribution in [0.15, 0.2) is 36.9 Å². The van der Waals surface area contributed by atoms with Crippen LogP contribution in [0.4, 0.5) is 4.39 Å². The first-order valence-corrected chi connectivity index (χ1v) is 5.89. The first-order valence-electron chi connectivity index (χ1n) is 5.89. The number of benzene rings is 1. The third-order valence-corrected chi connectivity index (χ3v) is 2.54. The van der Waals surface area contributed by atoms with Gasteiger partial charge in [-0.15, -0.1) is 6.58 Å². The van der Waals surface area contributed by atoms with Crippen molar-refractivity contribution in [3.05, 3.63) is 48.3 Å². The van der Waals surface area contributed by atoms with Gasteiger partial charge in [-0.05, 0) is 31.9 Å². The maximum atomic E-state index is 13.2. The van der Waals surface area contributed by atoms with Crippen LogP contribution in [0, 0.1) is 5.82 Å². The molecule has 0 saturated heterocycles. The molecule has 1 N–H and O–H groups in total. The van der Waals surface area contributed by atoms with Gasteiger partial charge in [0.25, 0.3) is 0 Å². The number of hydrogen-bond acceptors (Lipinski definition) is 1. The Morgan fingerprint density at radius 3 is 2.75 bits per heavy atom. The van der Waals surface area contributed by atoms with E-state index in [1.54, 1.807) is 6.07 Å². The molecule has 0 aliphatic carbocycles. The van der Waals surface area contributed by atoms with Crippen LogP contribution in [-0.4, -0.2) is 6.54 Å². The molecular weight excluding hydrogens is 201 g/mol. The predicted octanol–water partition coefficient (Wildman–Crippen LogP) is 3.66. The average molecular weight is 221 g/mol. The van der Waals surface area contributed by atoms with Crippen LogP contribution in [0.3, 0.4) is 0 Å². The fourth-order valence-corrected chi connectivity index (χ4v) is 1.58. The molecular formula is C14H20FN. The number of nitrogens with one attached hydrogen (secondary N) is 1. The Balaban J connectivity index is 2.07. The quantitative estimate of drug-likeness (QED) is 0.522. The largest absolute Gasteiger partial charge is 0.313 e. The van der Waals surface area contributed by atoms with E-state index in [0.717, 1.165) is 24.9 Å². The maximum Gasteiger partial charge on any atom is 0.127 e. The summed E-state index contributed by atoms with van der Waals surface area (Å²) in [4.78, 5) is 0. The molecule has 0 fully saturated rings. The summed E-state index contributed by atoms with van der Waals surface area (Å²) in [7, 11) is 0. The molecule has 1 aromatic rings. The Hall–Kier alpha value is -1.15. The summed E-state index contributed by atoms with van der Waals surface area (Å²) in [5, 5.41) is 3.25. The molecule has 1 rings (SSSR count). The minimum atomic E-state index is -0.123. The van der Waals surface area contributed by atoms with Gasteiger partial charge in [0.2, 0.25) is 0 Å². The topological polar surface area (TPSA) is 12.0 Å². The normalized spacial score (nSPS) is 10.3. The van der Waals surface area contributed by atoms with Gasteiger partial charge in [0.1, 0.15) is 5.82 Å². The number of rotatable bonds is 8. The summed E-state index contributed by atoms with van der Waals surface area (Å²) in [5.74, 6) is -0.123. The van der Waals surface area contributed by atoms with Crippen molar-refractivity contribution in [3.8, 4) is 0 Å². The summed E-state index contributed by atoms with van der Waals surface area (Å²) >= 11 is 0. The molecule has 0 bridgehead atoms. The SMILES string of the molecule is C=CCCCCCNCc1ccccc1F. The summed E-state index contributed by atoms with van der Waals surface area (Å²) in [6.07, 6.45) is 6.59. The van der Waals surface area contributed by atoms with Crippen molar-refractivity contribution in [2.45, 2.75) is 32.2 Å². The van der Waals surface area contributed by atoms with Crippen molar-refractivity contribution in [3.63, 3.8) is 0 Å². The maximum absolute atomic E-state index is 13.2. The number of halogens is 1. The highest BCUT2D eigenvalue weighted by atomic mass is 19.1. The average Bonchev–Trinajstić information content (AvgIpc) is 2.30. The van der Waals surface area contributed by atoms with Gasteiger partial charge in [-0.1, -0.05) is 30.7 Å². The second kappa shape index (κ2) is 8.05. The van der Waals surface area contributed by atoms with Gasteiger partial charge >= 0.3 is 0 Å². The lowest BCUT2D eigenvalue weighted by Crippen LogP contribution is -2.15. The zero-order chi connectivity index (χ0) is 11.6. The lowest BCUT2D eigenvalue weighted by atomic mass is 10.2. The third kappa shape index (κ3) is 5.08. The van der Waals surface area contributed by atoms with E-state index >= 15 is 0 Å². The van der Waals surface area contributed by atoms with Gasteiger partial charge in [-0.2, -0.15) is 0 Å². The summed E-state index contributed by atoms with van der Waals surface area (Å²) in [6.45, 7) is 5.26. The molecule has 0 saturated carbocycles. The monoisotopic (exact) mass is 221 g/mol. The van der Waals surface area contributed by atoms with E-state index in [2.05, 4.69) is 11.9 Å². The first kappa shape index (κ1) is 12.9. The van der Waals surface area contributed by atoms with E-state index in [1.807, 2.05) is 18.2 Å². The Labute approximate surface area is 97.4 Å². The standard InChI is InChI=1S/C14H20FN/c1-2-3-4-5-8-11-16-12-13-9-6-7-10-14(13)15/h2,6-7,9-10,16H,1,3-5,8,11-12H2. The Morgan fingerprint density at radius 2 is 2.00 bits per heavy atom. The number of hydrogen-bond donors (Lipinski definition) is 1. The summed E-state index contributed by atoms with van der Waals surface area (Å²) in [6, 6.07) is 6.90. The van der Waals surface area contributed by atoms with Crippen LogP contribution >= 0.6 is 0 Å². The van der Waals surface area contributed by atoms with Crippen LogP contribution in [0.1, 0.15) is 31.2 Å². The van der Waals surface area contributed by atoms with Gasteiger partial charge in [0.15, 0.2) is 0 Å². The van der Waals surface area contributed by atoms with Crippen molar-refractivity contribution >= 4 is 0 Å². The predicted molar refractivity (Wildman–Crippen MR) is 66.8 cm³/mol. The number of allylic oxidation sites excluding steroid dienone is 1. The van der Waals surface area contributed by atoms with Crippen LogP contribution in [0.2, 0.25) is 0 Å². The zero-order valence-electron chi connectivity index (χ0n) is 9.71. The molecule has 0 heterocycles. The number of unbranched alkanes of at least 4 members (excludes halogenated alkanes) is 3. The molecule has 0 aliphatic heterocycles. The van der Waals surface area contributed by atoms with E-state index in [4.69, 9.17) is 0 Å². The lowest BCUT2D eigenvalue weighted by Gasteiger charge is -2.05. The molecule has 16 heavy (non-hydrogen) atoms. The molecule has 0 radical (unpaired) electrons. The molecule has 0 spiro atoms. The molecule has 1 nitrogen and oxygen atoms in total. The fourth-order valence-electron chi connectivity index (χ4n) is 1.58. The molecule has 0 aromatic heterocycles. The van der Waals surface area contributed by atoms with Gasteiger partial charge in [0, 0.05) is 12.1 Å². The minimum Gasteiger partial charge on any atom is -0.313 e. The van der Waals surface area contributed by atoms with E-state index in [0.29, 0.717) is 6.54 Å². The summed E-state index contributed by atoms with van der Waals surface area (Å²) < 4.78 is 13.2. The van der Waals surface area contributed by atoms with E-state index in [9.17, 15) is 4.39 Å². The highest BCUT2D eigenvalue weighted by molar-refractivity contribution is 5.16. The molecule has 0 aliphatic rings. The van der Waals surface area contributed by atoms with Crippen molar-refractivity contribution in [1.82, 2.24) is 5.32 Å². The Kier molecular flexibility index (Phi) is 6.50. The third-order valence-electron chi connectivity index (χ3n) is 2.54. The molecule has 0 amide bonds. The minimum absolute atomic E-state index is 0.123. The molecule has 0 unspecified atom stereocenters. The van der Waals surface area contributed by atoms with Crippen LogP contribution in [0.25, 0.3) is 0 Å². The fraction of sp³-hybridized carbons (Fsp3) is 0.429. The molecule has 0 atom stereocenters. The van der Waals surface area contributed by atoms with Gasteiger partial charge in [-0.25, -0.2) is 4.39 Å².